The summed E-state index contributed by atoms with van der Waals surface area (Å²) in [5.74, 6) is 1.10. The van der Waals surface area contributed by atoms with Gasteiger partial charge in [0.15, 0.2) is 5.43 Å². The van der Waals surface area contributed by atoms with Crippen molar-refractivity contribution in [2.75, 3.05) is 46.5 Å². The predicted octanol–water partition coefficient (Wildman–Crippen LogP) is 3.86. The maximum atomic E-state index is 13.7. The van der Waals surface area contributed by atoms with Crippen molar-refractivity contribution >= 4 is 16.9 Å². The summed E-state index contributed by atoms with van der Waals surface area (Å²) >= 11 is 0. The van der Waals surface area contributed by atoms with Crippen molar-refractivity contribution in [2.24, 2.45) is 0 Å². The van der Waals surface area contributed by atoms with Gasteiger partial charge >= 0.3 is 0 Å². The third kappa shape index (κ3) is 4.70. The van der Waals surface area contributed by atoms with E-state index in [9.17, 15) is 9.59 Å². The van der Waals surface area contributed by atoms with Gasteiger partial charge in [0, 0.05) is 32.2 Å². The minimum atomic E-state index is -0.546. The maximum Gasteiger partial charge on any atom is 0.290 e. The van der Waals surface area contributed by atoms with E-state index in [1.54, 1.807) is 30.2 Å². The number of methoxy groups -OCH3 is 1. The van der Waals surface area contributed by atoms with E-state index in [-0.39, 0.29) is 23.2 Å². The SMILES string of the molecule is COc1ccc2c(=O)c3c(oc2c1)C(=O)N(CCCN1CCOCC1)C3c1cccc(OC(C)C)c1. The Morgan fingerprint density at radius 1 is 1.03 bits per heavy atom. The largest absolute Gasteiger partial charge is 0.497 e. The van der Waals surface area contributed by atoms with Crippen LogP contribution in [0.4, 0.5) is 0 Å². The van der Waals surface area contributed by atoms with Crippen LogP contribution in [0.3, 0.4) is 0 Å². The zero-order valence-corrected chi connectivity index (χ0v) is 21.0. The number of benzene rings is 2. The zero-order valence-electron chi connectivity index (χ0n) is 21.0. The summed E-state index contributed by atoms with van der Waals surface area (Å²) in [7, 11) is 1.55. The van der Waals surface area contributed by atoms with E-state index in [2.05, 4.69) is 4.90 Å². The van der Waals surface area contributed by atoms with Gasteiger partial charge < -0.3 is 23.5 Å². The molecule has 0 aliphatic carbocycles. The highest BCUT2D eigenvalue weighted by Crippen LogP contribution is 2.39. The molecular weight excluding hydrogens is 460 g/mol. The zero-order chi connectivity index (χ0) is 25.2. The summed E-state index contributed by atoms with van der Waals surface area (Å²) in [6, 6.07) is 12.2. The number of morpholine rings is 1. The minimum absolute atomic E-state index is 0.00589. The van der Waals surface area contributed by atoms with Gasteiger partial charge in [-0.3, -0.25) is 14.5 Å². The number of hydrogen-bond acceptors (Lipinski definition) is 7. The Labute approximate surface area is 210 Å². The Bertz CT molecular complexity index is 1310. The molecule has 1 aromatic heterocycles. The Morgan fingerprint density at radius 2 is 1.83 bits per heavy atom. The van der Waals surface area contributed by atoms with Gasteiger partial charge in [0.2, 0.25) is 5.76 Å². The number of carbonyl (C=O) groups excluding carboxylic acids is 1. The summed E-state index contributed by atoms with van der Waals surface area (Å²) in [5.41, 5.74) is 1.35. The summed E-state index contributed by atoms with van der Waals surface area (Å²) in [6.07, 6.45) is 0.784. The lowest BCUT2D eigenvalue weighted by Crippen LogP contribution is -2.38. The normalized spacial score (nSPS) is 18.2. The Balaban J connectivity index is 1.54. The number of amides is 1. The molecule has 0 N–H and O–H groups in total. The van der Waals surface area contributed by atoms with Crippen LogP contribution < -0.4 is 14.9 Å². The second-order valence-electron chi connectivity index (χ2n) is 9.48. The van der Waals surface area contributed by atoms with Gasteiger partial charge in [0.1, 0.15) is 17.1 Å². The molecule has 1 amide bonds. The molecule has 2 aromatic carbocycles. The Kier molecular flexibility index (Phi) is 6.98. The number of carbonyl (C=O) groups is 1. The molecule has 1 atom stereocenters. The highest BCUT2D eigenvalue weighted by molar-refractivity contribution is 5.99. The summed E-state index contributed by atoms with van der Waals surface area (Å²) < 4.78 is 22.7. The van der Waals surface area contributed by atoms with Crippen molar-refractivity contribution in [1.29, 1.82) is 0 Å². The standard InChI is InChI=1S/C28H32N2O6/c1-18(2)35-21-7-4-6-19(16-21)25-24-26(31)22-9-8-20(33-3)17-23(22)36-27(24)28(32)30(25)11-5-10-29-12-14-34-15-13-29/h4,6-9,16-18,25H,5,10-15H2,1-3H3. The molecular formula is C28H32N2O6. The van der Waals surface area contributed by atoms with Crippen LogP contribution in [0.25, 0.3) is 11.0 Å². The highest BCUT2D eigenvalue weighted by atomic mass is 16.5. The quantitative estimate of drug-likeness (QED) is 0.472. The van der Waals surface area contributed by atoms with Crippen LogP contribution >= 0.6 is 0 Å². The molecule has 1 fully saturated rings. The number of rotatable bonds is 8. The highest BCUT2D eigenvalue weighted by Gasteiger charge is 2.42. The molecule has 3 aromatic rings. The molecule has 36 heavy (non-hydrogen) atoms. The molecule has 0 saturated carbocycles. The second-order valence-corrected chi connectivity index (χ2v) is 9.48. The molecule has 1 unspecified atom stereocenters. The number of nitrogens with zero attached hydrogens (tertiary/aromatic N) is 2. The first-order valence-electron chi connectivity index (χ1n) is 12.5. The first-order valence-corrected chi connectivity index (χ1v) is 12.5. The van der Waals surface area contributed by atoms with E-state index in [0.29, 0.717) is 34.6 Å². The molecule has 2 aliphatic heterocycles. The van der Waals surface area contributed by atoms with Crippen molar-refractivity contribution in [3.8, 4) is 11.5 Å². The first kappa shape index (κ1) is 24.3. The number of hydrogen-bond donors (Lipinski definition) is 0. The van der Waals surface area contributed by atoms with Crippen LogP contribution in [0.2, 0.25) is 0 Å². The molecule has 190 valence electrons. The van der Waals surface area contributed by atoms with E-state index < -0.39 is 6.04 Å². The van der Waals surface area contributed by atoms with Gasteiger partial charge in [0.25, 0.3) is 5.91 Å². The van der Waals surface area contributed by atoms with Gasteiger partial charge in [-0.2, -0.15) is 0 Å². The van der Waals surface area contributed by atoms with Gasteiger partial charge in [-0.1, -0.05) is 12.1 Å². The fourth-order valence-electron chi connectivity index (χ4n) is 5.02. The van der Waals surface area contributed by atoms with Gasteiger partial charge in [-0.05, 0) is 50.1 Å². The van der Waals surface area contributed by atoms with Crippen LogP contribution in [-0.2, 0) is 4.74 Å². The lowest BCUT2D eigenvalue weighted by Gasteiger charge is -2.29. The van der Waals surface area contributed by atoms with E-state index >= 15 is 0 Å². The second kappa shape index (κ2) is 10.3. The van der Waals surface area contributed by atoms with Crippen LogP contribution in [0, 0.1) is 0 Å². The molecule has 3 heterocycles. The van der Waals surface area contributed by atoms with E-state index in [1.165, 1.54) is 0 Å². The van der Waals surface area contributed by atoms with Gasteiger partial charge in [0.05, 0.1) is 43.4 Å². The topological polar surface area (TPSA) is 81.5 Å². The monoisotopic (exact) mass is 492 g/mol. The van der Waals surface area contributed by atoms with Crippen LogP contribution in [0.1, 0.15) is 48.0 Å². The molecule has 0 radical (unpaired) electrons. The van der Waals surface area contributed by atoms with Crippen LogP contribution in [0.15, 0.2) is 51.7 Å². The average Bonchev–Trinajstić information content (AvgIpc) is 3.16. The van der Waals surface area contributed by atoms with Crippen molar-refractivity contribution in [1.82, 2.24) is 9.80 Å². The van der Waals surface area contributed by atoms with Crippen LogP contribution in [0.5, 0.6) is 11.5 Å². The Morgan fingerprint density at radius 3 is 2.58 bits per heavy atom. The third-order valence-electron chi connectivity index (χ3n) is 6.70. The minimum Gasteiger partial charge on any atom is -0.497 e. The predicted molar refractivity (Wildman–Crippen MR) is 136 cm³/mol. The van der Waals surface area contributed by atoms with Crippen LogP contribution in [-0.4, -0.2) is 68.3 Å². The van der Waals surface area contributed by atoms with Crippen molar-refractivity contribution in [2.45, 2.75) is 32.4 Å². The number of fused-ring (bicyclic) bond motifs is 2. The number of ether oxygens (including phenoxy) is 3. The lowest BCUT2D eigenvalue weighted by molar-refractivity contribution is 0.0353. The van der Waals surface area contributed by atoms with Gasteiger partial charge in [-0.15, -0.1) is 0 Å². The summed E-state index contributed by atoms with van der Waals surface area (Å²) in [6.45, 7) is 8.52. The Hall–Kier alpha value is -3.36. The summed E-state index contributed by atoms with van der Waals surface area (Å²) in [5, 5.41) is 0.428. The summed E-state index contributed by atoms with van der Waals surface area (Å²) in [4.78, 5) is 31.5. The molecule has 0 spiro atoms. The molecule has 8 heteroatoms. The van der Waals surface area contributed by atoms with E-state index in [1.807, 2.05) is 38.1 Å². The van der Waals surface area contributed by atoms with Crippen molar-refractivity contribution < 1.29 is 23.4 Å². The smallest absolute Gasteiger partial charge is 0.290 e. The molecule has 2 aliphatic rings. The molecule has 1 saturated heterocycles. The lowest BCUT2D eigenvalue weighted by atomic mass is 9.98. The van der Waals surface area contributed by atoms with Crippen molar-refractivity contribution in [3.63, 3.8) is 0 Å². The fourth-order valence-corrected chi connectivity index (χ4v) is 5.02. The van der Waals surface area contributed by atoms with Gasteiger partial charge in [-0.25, -0.2) is 0 Å². The van der Waals surface area contributed by atoms with E-state index in [4.69, 9.17) is 18.6 Å². The molecule has 5 rings (SSSR count). The van der Waals surface area contributed by atoms with Crippen molar-refractivity contribution in [3.05, 3.63) is 69.6 Å². The van der Waals surface area contributed by atoms with E-state index in [0.717, 1.165) is 44.8 Å². The third-order valence-corrected chi connectivity index (χ3v) is 6.70. The molecule has 0 bridgehead atoms. The first-order chi connectivity index (χ1) is 17.5. The maximum absolute atomic E-state index is 13.7. The average molecular weight is 493 g/mol. The fraction of sp³-hybridized carbons (Fsp3) is 0.429. The molecule has 8 nitrogen and oxygen atoms in total.